The van der Waals surface area contributed by atoms with Gasteiger partial charge < -0.3 is 4.90 Å². The van der Waals surface area contributed by atoms with E-state index in [-0.39, 0.29) is 11.6 Å². The first-order valence-corrected chi connectivity index (χ1v) is 8.23. The van der Waals surface area contributed by atoms with Crippen molar-refractivity contribution >= 4 is 5.78 Å². The van der Waals surface area contributed by atoms with Gasteiger partial charge in [0, 0.05) is 25.1 Å². The van der Waals surface area contributed by atoms with Crippen molar-refractivity contribution in [3.8, 4) is 0 Å². The summed E-state index contributed by atoms with van der Waals surface area (Å²) in [5.41, 5.74) is 0.629. The summed E-state index contributed by atoms with van der Waals surface area (Å²) >= 11 is 0. The number of benzene rings is 1. The maximum absolute atomic E-state index is 12.9. The number of hydrogen-bond donors (Lipinski definition) is 0. The predicted octanol–water partition coefficient (Wildman–Crippen LogP) is 3.91. The lowest BCUT2D eigenvalue weighted by Gasteiger charge is -2.41. The molecule has 2 nitrogen and oxygen atoms in total. The summed E-state index contributed by atoms with van der Waals surface area (Å²) in [5.74, 6) is 1.63. The molecular weight excluding hydrogens is 265 g/mol. The van der Waals surface area contributed by atoms with E-state index >= 15 is 0 Å². The molecule has 1 saturated carbocycles. The molecule has 0 spiro atoms. The molecule has 0 bridgehead atoms. The summed E-state index contributed by atoms with van der Waals surface area (Å²) in [4.78, 5) is 14.6. The van der Waals surface area contributed by atoms with Gasteiger partial charge in [0.05, 0.1) is 0 Å². The van der Waals surface area contributed by atoms with Crippen molar-refractivity contribution in [3.63, 3.8) is 0 Å². The molecule has 2 unspecified atom stereocenters. The first-order chi connectivity index (χ1) is 10.2. The third-order valence-corrected chi connectivity index (χ3v) is 5.20. The minimum absolute atomic E-state index is 0.126. The van der Waals surface area contributed by atoms with Crippen LogP contribution in [0.25, 0.3) is 0 Å². The monoisotopic (exact) mass is 289 g/mol. The zero-order chi connectivity index (χ0) is 14.7. The average Bonchev–Trinajstić information content (AvgIpc) is 2.53. The van der Waals surface area contributed by atoms with Crippen LogP contribution >= 0.6 is 0 Å². The van der Waals surface area contributed by atoms with Crippen LogP contribution in [0.3, 0.4) is 0 Å². The van der Waals surface area contributed by atoms with Gasteiger partial charge in [-0.25, -0.2) is 4.39 Å². The third kappa shape index (κ3) is 3.70. The number of carbonyl (C=O) groups excluding carboxylic acids is 1. The molecular formula is C18H24FNO. The van der Waals surface area contributed by atoms with Gasteiger partial charge in [-0.2, -0.15) is 0 Å². The smallest absolute Gasteiger partial charge is 0.164 e. The second-order valence-corrected chi connectivity index (χ2v) is 6.57. The molecule has 0 amide bonds. The molecule has 3 rings (SSSR count). The standard InChI is InChI=1S/C18H24FNO/c19-17-7-5-15(6-8-17)18(21)10-12-20-11-9-14-3-1-2-4-16(14)13-20/h5-8,14,16H,1-4,9-13H2. The van der Waals surface area contributed by atoms with Crippen molar-refractivity contribution in [2.45, 2.75) is 38.5 Å². The molecule has 1 heterocycles. The maximum atomic E-state index is 12.9. The Morgan fingerprint density at radius 1 is 1.10 bits per heavy atom. The minimum Gasteiger partial charge on any atom is -0.303 e. The van der Waals surface area contributed by atoms with Crippen LogP contribution in [0.1, 0.15) is 48.9 Å². The Balaban J connectivity index is 1.48. The molecule has 3 heteroatoms. The van der Waals surface area contributed by atoms with Gasteiger partial charge in [0.1, 0.15) is 5.82 Å². The summed E-state index contributed by atoms with van der Waals surface area (Å²) in [6, 6.07) is 5.90. The number of carbonyl (C=O) groups is 1. The van der Waals surface area contributed by atoms with Gasteiger partial charge in [0.15, 0.2) is 5.78 Å². The van der Waals surface area contributed by atoms with Crippen LogP contribution in [0, 0.1) is 17.7 Å². The van der Waals surface area contributed by atoms with Crippen molar-refractivity contribution < 1.29 is 9.18 Å². The molecule has 1 aromatic carbocycles. The van der Waals surface area contributed by atoms with Gasteiger partial charge in [0.25, 0.3) is 0 Å². The normalized spacial score (nSPS) is 26.3. The molecule has 1 aromatic rings. The highest BCUT2D eigenvalue weighted by Gasteiger charge is 2.30. The number of rotatable bonds is 4. The molecule has 1 saturated heterocycles. The van der Waals surface area contributed by atoms with Gasteiger partial charge in [-0.05, 0) is 55.5 Å². The van der Waals surface area contributed by atoms with Crippen molar-refractivity contribution in [2.75, 3.05) is 19.6 Å². The van der Waals surface area contributed by atoms with E-state index in [2.05, 4.69) is 4.90 Å². The maximum Gasteiger partial charge on any atom is 0.164 e. The van der Waals surface area contributed by atoms with E-state index in [0.29, 0.717) is 12.0 Å². The Hall–Kier alpha value is -1.22. The lowest BCUT2D eigenvalue weighted by atomic mass is 9.75. The number of fused-ring (bicyclic) bond motifs is 1. The summed E-state index contributed by atoms with van der Waals surface area (Å²) in [6.45, 7) is 3.15. The summed E-state index contributed by atoms with van der Waals surface area (Å²) in [7, 11) is 0. The zero-order valence-corrected chi connectivity index (χ0v) is 12.6. The predicted molar refractivity (Wildman–Crippen MR) is 81.9 cm³/mol. The minimum atomic E-state index is -0.286. The number of nitrogens with zero attached hydrogens (tertiary/aromatic N) is 1. The van der Waals surface area contributed by atoms with E-state index in [1.54, 1.807) is 12.1 Å². The van der Waals surface area contributed by atoms with E-state index in [9.17, 15) is 9.18 Å². The first kappa shape index (κ1) is 14.7. The largest absolute Gasteiger partial charge is 0.303 e. The van der Waals surface area contributed by atoms with Crippen LogP contribution in [0.2, 0.25) is 0 Å². The van der Waals surface area contributed by atoms with Crippen LogP contribution in [-0.2, 0) is 0 Å². The molecule has 21 heavy (non-hydrogen) atoms. The first-order valence-electron chi connectivity index (χ1n) is 8.23. The Labute approximate surface area is 126 Å². The lowest BCUT2D eigenvalue weighted by molar-refractivity contribution is 0.0787. The van der Waals surface area contributed by atoms with E-state index < -0.39 is 0 Å². The van der Waals surface area contributed by atoms with Gasteiger partial charge in [0.2, 0.25) is 0 Å². The molecule has 1 aliphatic carbocycles. The highest BCUT2D eigenvalue weighted by Crippen LogP contribution is 2.35. The van der Waals surface area contributed by atoms with Crippen LogP contribution in [0.4, 0.5) is 4.39 Å². The summed E-state index contributed by atoms with van der Waals surface area (Å²) in [6.07, 6.45) is 7.41. The van der Waals surface area contributed by atoms with Crippen LogP contribution in [-0.4, -0.2) is 30.3 Å². The SMILES string of the molecule is O=C(CCN1CCC2CCCCC2C1)c1ccc(F)cc1. The lowest BCUT2D eigenvalue weighted by Crippen LogP contribution is -2.42. The molecule has 2 aliphatic rings. The fraction of sp³-hybridized carbons (Fsp3) is 0.611. The van der Waals surface area contributed by atoms with Crippen molar-refractivity contribution in [2.24, 2.45) is 11.8 Å². The molecule has 2 atom stereocenters. The number of likely N-dealkylation sites (tertiary alicyclic amines) is 1. The third-order valence-electron chi connectivity index (χ3n) is 5.20. The van der Waals surface area contributed by atoms with E-state index in [1.165, 1.54) is 50.8 Å². The van der Waals surface area contributed by atoms with Crippen molar-refractivity contribution in [1.29, 1.82) is 0 Å². The molecule has 0 aromatic heterocycles. The van der Waals surface area contributed by atoms with Crippen LogP contribution in [0.5, 0.6) is 0 Å². The summed E-state index contributed by atoms with van der Waals surface area (Å²) < 4.78 is 12.9. The van der Waals surface area contributed by atoms with E-state index in [1.807, 2.05) is 0 Å². The van der Waals surface area contributed by atoms with Crippen molar-refractivity contribution in [3.05, 3.63) is 35.6 Å². The highest BCUT2D eigenvalue weighted by molar-refractivity contribution is 5.96. The molecule has 114 valence electrons. The second kappa shape index (κ2) is 6.69. The Morgan fingerprint density at radius 2 is 1.81 bits per heavy atom. The Kier molecular flexibility index (Phi) is 4.69. The van der Waals surface area contributed by atoms with Gasteiger partial charge in [-0.1, -0.05) is 19.3 Å². The second-order valence-electron chi connectivity index (χ2n) is 6.57. The molecule has 0 N–H and O–H groups in total. The topological polar surface area (TPSA) is 20.3 Å². The molecule has 2 fully saturated rings. The quantitative estimate of drug-likeness (QED) is 0.783. The number of halogens is 1. The fourth-order valence-electron chi connectivity index (χ4n) is 3.92. The highest BCUT2D eigenvalue weighted by atomic mass is 19.1. The summed E-state index contributed by atoms with van der Waals surface area (Å²) in [5, 5.41) is 0. The van der Waals surface area contributed by atoms with Gasteiger partial charge >= 0.3 is 0 Å². The van der Waals surface area contributed by atoms with Crippen LogP contribution in [0.15, 0.2) is 24.3 Å². The zero-order valence-electron chi connectivity index (χ0n) is 12.6. The Bertz CT molecular complexity index is 484. The van der Waals surface area contributed by atoms with Gasteiger partial charge in [-0.15, -0.1) is 0 Å². The molecule has 0 radical (unpaired) electrons. The average molecular weight is 289 g/mol. The number of hydrogen-bond acceptors (Lipinski definition) is 2. The van der Waals surface area contributed by atoms with E-state index in [4.69, 9.17) is 0 Å². The Morgan fingerprint density at radius 3 is 2.57 bits per heavy atom. The van der Waals surface area contributed by atoms with Gasteiger partial charge in [-0.3, -0.25) is 4.79 Å². The molecule has 1 aliphatic heterocycles. The van der Waals surface area contributed by atoms with E-state index in [0.717, 1.165) is 24.9 Å². The van der Waals surface area contributed by atoms with Crippen LogP contribution < -0.4 is 0 Å². The van der Waals surface area contributed by atoms with Crippen molar-refractivity contribution in [1.82, 2.24) is 4.90 Å². The number of ketones is 1. The number of piperidine rings is 1. The number of Topliss-reactive ketones (excluding diaryl/α,β-unsaturated/α-hetero) is 1. The fourth-order valence-corrected chi connectivity index (χ4v) is 3.92.